The molecule has 15 heavy (non-hydrogen) atoms. The average Bonchev–Trinajstić information content (AvgIpc) is 2.57. The Labute approximate surface area is 87.1 Å². The van der Waals surface area contributed by atoms with Crippen LogP contribution < -0.4 is 4.74 Å². The first-order chi connectivity index (χ1) is 7.08. The second-order valence-corrected chi connectivity index (χ2v) is 3.69. The van der Waals surface area contributed by atoms with E-state index < -0.39 is 11.6 Å². The summed E-state index contributed by atoms with van der Waals surface area (Å²) in [6.45, 7) is 0. The third kappa shape index (κ3) is 1.37. The second kappa shape index (κ2) is 3.24. The largest absolute Gasteiger partial charge is 0.497 e. The fourth-order valence-corrected chi connectivity index (χ4v) is 1.96. The van der Waals surface area contributed by atoms with Crippen LogP contribution in [0.15, 0.2) is 18.2 Å². The third-order valence-corrected chi connectivity index (χ3v) is 2.87. The van der Waals surface area contributed by atoms with Crippen molar-refractivity contribution in [2.24, 2.45) is 0 Å². The van der Waals surface area contributed by atoms with Crippen LogP contribution in [-0.2, 0) is 16.8 Å². The van der Waals surface area contributed by atoms with E-state index in [1.807, 2.05) is 0 Å². The summed E-state index contributed by atoms with van der Waals surface area (Å²) >= 11 is 0. The zero-order valence-corrected chi connectivity index (χ0v) is 8.36. The van der Waals surface area contributed by atoms with Gasteiger partial charge in [-0.15, -0.1) is 0 Å². The van der Waals surface area contributed by atoms with Crippen LogP contribution in [0.3, 0.4) is 0 Å². The van der Waals surface area contributed by atoms with Gasteiger partial charge in [0.15, 0.2) is 5.60 Å². The van der Waals surface area contributed by atoms with Gasteiger partial charge in [-0.25, -0.2) is 4.79 Å². The quantitative estimate of drug-likeness (QED) is 0.758. The fourth-order valence-electron chi connectivity index (χ4n) is 1.96. The van der Waals surface area contributed by atoms with Crippen LogP contribution in [0.5, 0.6) is 5.75 Å². The van der Waals surface area contributed by atoms with E-state index in [9.17, 15) is 9.90 Å². The van der Waals surface area contributed by atoms with Gasteiger partial charge in [-0.3, -0.25) is 0 Å². The van der Waals surface area contributed by atoms with Gasteiger partial charge in [0, 0.05) is 5.56 Å². The van der Waals surface area contributed by atoms with Crippen molar-refractivity contribution in [2.45, 2.75) is 18.4 Å². The highest BCUT2D eigenvalue weighted by Crippen LogP contribution is 2.38. The van der Waals surface area contributed by atoms with Crippen LogP contribution in [0.4, 0.5) is 0 Å². The van der Waals surface area contributed by atoms with Crippen molar-refractivity contribution in [2.75, 3.05) is 7.11 Å². The number of aliphatic hydroxyl groups is 1. The van der Waals surface area contributed by atoms with Gasteiger partial charge in [0.1, 0.15) is 5.75 Å². The molecule has 1 aromatic rings. The molecule has 80 valence electrons. The van der Waals surface area contributed by atoms with Gasteiger partial charge in [-0.1, -0.05) is 6.07 Å². The molecule has 1 atom stereocenters. The standard InChI is InChI=1S/C11H12O4/c1-15-8-3-2-7-4-5-11(14,10(12)13)9(7)6-8/h2-3,6,14H,4-5H2,1H3,(H,12,13)/t11-/m0/s1. The van der Waals surface area contributed by atoms with E-state index in [-0.39, 0.29) is 6.42 Å². The molecule has 0 aliphatic heterocycles. The summed E-state index contributed by atoms with van der Waals surface area (Å²) in [5.74, 6) is -0.634. The molecule has 0 saturated carbocycles. The number of carboxylic acids is 1. The summed E-state index contributed by atoms with van der Waals surface area (Å²) in [7, 11) is 1.51. The number of rotatable bonds is 2. The maximum atomic E-state index is 11.0. The molecule has 0 radical (unpaired) electrons. The molecule has 1 aromatic carbocycles. The zero-order valence-electron chi connectivity index (χ0n) is 8.36. The van der Waals surface area contributed by atoms with E-state index in [2.05, 4.69) is 0 Å². The molecule has 2 N–H and O–H groups in total. The predicted molar refractivity (Wildman–Crippen MR) is 52.8 cm³/mol. The average molecular weight is 208 g/mol. The van der Waals surface area contributed by atoms with Crippen molar-refractivity contribution in [1.82, 2.24) is 0 Å². The fraction of sp³-hybridized carbons (Fsp3) is 0.364. The van der Waals surface area contributed by atoms with Crippen molar-refractivity contribution < 1.29 is 19.7 Å². The van der Waals surface area contributed by atoms with Crippen molar-refractivity contribution in [3.8, 4) is 5.75 Å². The van der Waals surface area contributed by atoms with Gasteiger partial charge >= 0.3 is 5.97 Å². The molecule has 1 aliphatic carbocycles. The Morgan fingerprint density at radius 1 is 1.53 bits per heavy atom. The molecule has 4 heteroatoms. The zero-order chi connectivity index (χ0) is 11.1. The van der Waals surface area contributed by atoms with E-state index in [1.54, 1.807) is 18.2 Å². The summed E-state index contributed by atoms with van der Waals surface area (Å²) in [4.78, 5) is 11.0. The number of aliphatic carboxylic acids is 1. The SMILES string of the molecule is COc1ccc2c(c1)[C@](O)(C(=O)O)CC2. The van der Waals surface area contributed by atoms with Crippen molar-refractivity contribution in [3.63, 3.8) is 0 Å². The molecule has 1 aliphatic rings. The van der Waals surface area contributed by atoms with E-state index in [0.717, 1.165) is 5.56 Å². The van der Waals surface area contributed by atoms with Crippen molar-refractivity contribution >= 4 is 5.97 Å². The number of hydrogen-bond donors (Lipinski definition) is 2. The number of ether oxygens (including phenoxy) is 1. The Balaban J connectivity index is 2.53. The van der Waals surface area contributed by atoms with Gasteiger partial charge in [0.05, 0.1) is 7.11 Å². The highest BCUT2D eigenvalue weighted by atomic mass is 16.5. The van der Waals surface area contributed by atoms with Crippen LogP contribution in [0.25, 0.3) is 0 Å². The third-order valence-electron chi connectivity index (χ3n) is 2.87. The number of methoxy groups -OCH3 is 1. The molecule has 0 aromatic heterocycles. The van der Waals surface area contributed by atoms with Crippen LogP contribution in [0.1, 0.15) is 17.5 Å². The smallest absolute Gasteiger partial charge is 0.340 e. The minimum Gasteiger partial charge on any atom is -0.497 e. The first kappa shape index (κ1) is 9.98. The van der Waals surface area contributed by atoms with Crippen LogP contribution in [-0.4, -0.2) is 23.3 Å². The minimum absolute atomic E-state index is 0.227. The summed E-state index contributed by atoms with van der Waals surface area (Å²) in [5.41, 5.74) is -0.417. The van der Waals surface area contributed by atoms with Gasteiger partial charge in [-0.2, -0.15) is 0 Å². The first-order valence-electron chi connectivity index (χ1n) is 4.71. The number of carboxylic acid groups (broad SMARTS) is 1. The summed E-state index contributed by atoms with van der Waals surface area (Å²) in [6, 6.07) is 5.16. The molecule has 4 nitrogen and oxygen atoms in total. The maximum absolute atomic E-state index is 11.0. The lowest BCUT2D eigenvalue weighted by Gasteiger charge is -2.18. The monoisotopic (exact) mass is 208 g/mol. The van der Waals surface area contributed by atoms with E-state index in [0.29, 0.717) is 17.7 Å². The van der Waals surface area contributed by atoms with Gasteiger partial charge in [0.2, 0.25) is 0 Å². The predicted octanol–water partition coefficient (Wildman–Crippen LogP) is 0.914. The molecule has 0 fully saturated rings. The Morgan fingerprint density at radius 3 is 2.87 bits per heavy atom. The normalized spacial score (nSPS) is 23.6. The van der Waals surface area contributed by atoms with E-state index in [4.69, 9.17) is 9.84 Å². The summed E-state index contributed by atoms with van der Waals surface area (Å²) < 4.78 is 5.01. The number of hydrogen-bond acceptors (Lipinski definition) is 3. The Bertz CT molecular complexity index is 413. The maximum Gasteiger partial charge on any atom is 0.340 e. The van der Waals surface area contributed by atoms with Gasteiger partial charge in [0.25, 0.3) is 0 Å². The lowest BCUT2D eigenvalue weighted by molar-refractivity contribution is -0.159. The number of carbonyl (C=O) groups is 1. The first-order valence-corrected chi connectivity index (χ1v) is 4.71. The molecular formula is C11H12O4. The molecule has 0 heterocycles. The van der Waals surface area contributed by atoms with E-state index >= 15 is 0 Å². The minimum atomic E-state index is -1.75. The molecule has 0 spiro atoms. The number of benzene rings is 1. The molecule has 0 bridgehead atoms. The van der Waals surface area contributed by atoms with Crippen LogP contribution >= 0.6 is 0 Å². The molecule has 0 unspecified atom stereocenters. The Kier molecular flexibility index (Phi) is 2.16. The van der Waals surface area contributed by atoms with Crippen molar-refractivity contribution in [3.05, 3.63) is 29.3 Å². The highest BCUT2D eigenvalue weighted by molar-refractivity contribution is 5.81. The lowest BCUT2D eigenvalue weighted by Crippen LogP contribution is -2.32. The number of aryl methyl sites for hydroxylation is 1. The van der Waals surface area contributed by atoms with Gasteiger partial charge < -0.3 is 14.9 Å². The molecule has 0 amide bonds. The van der Waals surface area contributed by atoms with Crippen molar-refractivity contribution in [1.29, 1.82) is 0 Å². The van der Waals surface area contributed by atoms with Gasteiger partial charge in [-0.05, 0) is 30.5 Å². The Morgan fingerprint density at radius 2 is 2.27 bits per heavy atom. The topological polar surface area (TPSA) is 66.8 Å². The summed E-state index contributed by atoms with van der Waals surface area (Å²) in [5, 5.41) is 19.0. The highest BCUT2D eigenvalue weighted by Gasteiger charge is 2.43. The number of fused-ring (bicyclic) bond motifs is 1. The molecule has 2 rings (SSSR count). The Hall–Kier alpha value is -1.55. The van der Waals surface area contributed by atoms with Crippen LogP contribution in [0, 0.1) is 0 Å². The molecule has 0 saturated heterocycles. The lowest BCUT2D eigenvalue weighted by atomic mass is 9.96. The van der Waals surface area contributed by atoms with Crippen LogP contribution in [0.2, 0.25) is 0 Å². The summed E-state index contributed by atoms with van der Waals surface area (Å²) in [6.07, 6.45) is 0.812. The van der Waals surface area contributed by atoms with E-state index in [1.165, 1.54) is 7.11 Å². The molecular weight excluding hydrogens is 196 g/mol. The second-order valence-electron chi connectivity index (χ2n) is 3.69.